The summed E-state index contributed by atoms with van der Waals surface area (Å²) < 4.78 is 1.78. The molecule has 2 aromatic rings. The van der Waals surface area contributed by atoms with Crippen LogP contribution in [-0.2, 0) is 19.9 Å². The van der Waals surface area contributed by atoms with Crippen LogP contribution in [0.5, 0.6) is 0 Å². The number of aromatic nitrogens is 3. The molecule has 2 N–H and O–H groups in total. The molecule has 0 spiro atoms. The molecule has 1 aromatic heterocycles. The predicted octanol–water partition coefficient (Wildman–Crippen LogP) is 1.62. The fraction of sp³-hybridized carbons (Fsp3) is 0.385. The van der Waals surface area contributed by atoms with Gasteiger partial charge in [-0.2, -0.15) is 5.10 Å². The zero-order chi connectivity index (χ0) is 12.3. The van der Waals surface area contributed by atoms with Crippen LogP contribution >= 0.6 is 0 Å². The van der Waals surface area contributed by atoms with Gasteiger partial charge in [0.05, 0.1) is 6.04 Å². The molecule has 4 heteroatoms. The molecule has 1 unspecified atom stereocenters. The topological polar surface area (TPSA) is 56.7 Å². The maximum atomic E-state index is 6.17. The maximum Gasteiger partial charge on any atom is 0.150 e. The molecule has 0 amide bonds. The zero-order valence-electron chi connectivity index (χ0n) is 10.3. The Morgan fingerprint density at radius 1 is 1.29 bits per heavy atom. The molecule has 0 aliphatic heterocycles. The van der Waals surface area contributed by atoms with Crippen LogP contribution in [0.3, 0.4) is 0 Å². The van der Waals surface area contributed by atoms with Gasteiger partial charge in [-0.05, 0) is 12.0 Å². The highest BCUT2D eigenvalue weighted by molar-refractivity contribution is 5.17. The summed E-state index contributed by atoms with van der Waals surface area (Å²) in [4.78, 5) is 4.45. The molecule has 4 nitrogen and oxygen atoms in total. The number of rotatable bonds is 4. The van der Waals surface area contributed by atoms with Crippen molar-refractivity contribution in [3.63, 3.8) is 0 Å². The van der Waals surface area contributed by atoms with E-state index in [1.807, 2.05) is 32.2 Å². The second kappa shape index (κ2) is 5.10. The van der Waals surface area contributed by atoms with Crippen molar-refractivity contribution in [2.45, 2.75) is 25.8 Å². The lowest BCUT2D eigenvalue weighted by Gasteiger charge is -2.10. The monoisotopic (exact) mass is 230 g/mol. The Hall–Kier alpha value is -1.68. The summed E-state index contributed by atoms with van der Waals surface area (Å²) in [7, 11) is 1.90. The van der Waals surface area contributed by atoms with Gasteiger partial charge in [0.2, 0.25) is 0 Å². The van der Waals surface area contributed by atoms with Crippen LogP contribution in [0.15, 0.2) is 30.3 Å². The van der Waals surface area contributed by atoms with Crippen LogP contribution in [-0.4, -0.2) is 14.8 Å². The van der Waals surface area contributed by atoms with E-state index in [1.165, 1.54) is 5.56 Å². The fourth-order valence-corrected chi connectivity index (χ4v) is 1.88. The fourth-order valence-electron chi connectivity index (χ4n) is 1.88. The van der Waals surface area contributed by atoms with Crippen molar-refractivity contribution in [2.75, 3.05) is 0 Å². The first-order valence-electron chi connectivity index (χ1n) is 5.90. The number of hydrogen-bond donors (Lipinski definition) is 1. The second-order valence-electron chi connectivity index (χ2n) is 4.16. The third-order valence-electron chi connectivity index (χ3n) is 2.79. The summed E-state index contributed by atoms with van der Waals surface area (Å²) in [6, 6.07) is 10.1. The van der Waals surface area contributed by atoms with Crippen molar-refractivity contribution in [1.29, 1.82) is 0 Å². The Kier molecular flexibility index (Phi) is 3.54. The second-order valence-corrected chi connectivity index (χ2v) is 4.16. The maximum absolute atomic E-state index is 6.17. The van der Waals surface area contributed by atoms with E-state index in [0.717, 1.165) is 24.5 Å². The van der Waals surface area contributed by atoms with E-state index >= 15 is 0 Å². The van der Waals surface area contributed by atoms with Gasteiger partial charge in [0.25, 0.3) is 0 Å². The van der Waals surface area contributed by atoms with E-state index in [0.29, 0.717) is 0 Å². The first-order chi connectivity index (χ1) is 8.20. The number of nitrogens with two attached hydrogens (primary N) is 1. The molecule has 0 saturated carbocycles. The minimum absolute atomic E-state index is 0.102. The molecular formula is C13H18N4. The molecule has 0 saturated heterocycles. The van der Waals surface area contributed by atoms with Gasteiger partial charge in [-0.25, -0.2) is 4.98 Å². The van der Waals surface area contributed by atoms with Crippen LogP contribution in [0.2, 0.25) is 0 Å². The van der Waals surface area contributed by atoms with E-state index < -0.39 is 0 Å². The summed E-state index contributed by atoms with van der Waals surface area (Å²) in [6.07, 6.45) is 1.63. The minimum Gasteiger partial charge on any atom is -0.321 e. The molecule has 1 aromatic carbocycles. The average Bonchev–Trinajstić information content (AvgIpc) is 2.72. The highest BCUT2D eigenvalue weighted by Gasteiger charge is 2.14. The van der Waals surface area contributed by atoms with Gasteiger partial charge in [0.15, 0.2) is 5.82 Å². The summed E-state index contributed by atoms with van der Waals surface area (Å²) in [5, 5.41) is 4.32. The number of hydrogen-bond acceptors (Lipinski definition) is 3. The van der Waals surface area contributed by atoms with Crippen molar-refractivity contribution in [3.05, 3.63) is 47.5 Å². The number of benzene rings is 1. The largest absolute Gasteiger partial charge is 0.321 e. The first kappa shape index (κ1) is 11.8. The Labute approximate surface area is 101 Å². The van der Waals surface area contributed by atoms with Gasteiger partial charge >= 0.3 is 0 Å². The standard InChI is InChI=1S/C13H18N4/c1-3-12-15-13(17(2)16-12)11(14)9-10-7-5-4-6-8-10/h4-8,11H,3,9,14H2,1-2H3. The number of nitrogens with zero attached hydrogens (tertiary/aromatic N) is 3. The third-order valence-corrected chi connectivity index (χ3v) is 2.79. The van der Waals surface area contributed by atoms with Gasteiger partial charge < -0.3 is 5.73 Å². The summed E-state index contributed by atoms with van der Waals surface area (Å²) in [6.45, 7) is 2.04. The van der Waals surface area contributed by atoms with E-state index in [-0.39, 0.29) is 6.04 Å². The van der Waals surface area contributed by atoms with Gasteiger partial charge in [0, 0.05) is 13.5 Å². The van der Waals surface area contributed by atoms with E-state index in [9.17, 15) is 0 Å². The highest BCUT2D eigenvalue weighted by atomic mass is 15.3. The average molecular weight is 230 g/mol. The SMILES string of the molecule is CCc1nc(C(N)Cc2ccccc2)n(C)n1. The zero-order valence-corrected chi connectivity index (χ0v) is 10.3. The van der Waals surface area contributed by atoms with Crippen molar-refractivity contribution in [3.8, 4) is 0 Å². The highest BCUT2D eigenvalue weighted by Crippen LogP contribution is 2.13. The normalized spacial score (nSPS) is 12.6. The van der Waals surface area contributed by atoms with Gasteiger partial charge in [-0.3, -0.25) is 4.68 Å². The minimum atomic E-state index is -0.102. The quantitative estimate of drug-likeness (QED) is 0.868. The lowest BCUT2D eigenvalue weighted by atomic mass is 10.1. The van der Waals surface area contributed by atoms with Gasteiger partial charge in [-0.1, -0.05) is 37.3 Å². The molecule has 0 aliphatic carbocycles. The van der Waals surface area contributed by atoms with E-state index in [1.54, 1.807) is 4.68 Å². The molecule has 2 rings (SSSR count). The van der Waals surface area contributed by atoms with Crippen LogP contribution in [0.1, 0.15) is 30.2 Å². The lowest BCUT2D eigenvalue weighted by molar-refractivity contribution is 0.601. The van der Waals surface area contributed by atoms with Crippen molar-refractivity contribution < 1.29 is 0 Å². The molecule has 1 atom stereocenters. The Morgan fingerprint density at radius 2 is 2.00 bits per heavy atom. The summed E-state index contributed by atoms with van der Waals surface area (Å²) in [5.41, 5.74) is 7.40. The lowest BCUT2D eigenvalue weighted by Crippen LogP contribution is -2.18. The van der Waals surface area contributed by atoms with Crippen LogP contribution in [0, 0.1) is 0 Å². The predicted molar refractivity (Wildman–Crippen MR) is 67.5 cm³/mol. The van der Waals surface area contributed by atoms with Crippen molar-refractivity contribution in [1.82, 2.24) is 14.8 Å². The molecule has 17 heavy (non-hydrogen) atoms. The van der Waals surface area contributed by atoms with Gasteiger partial charge in [-0.15, -0.1) is 0 Å². The van der Waals surface area contributed by atoms with Crippen LogP contribution in [0.4, 0.5) is 0 Å². The molecule has 1 heterocycles. The van der Waals surface area contributed by atoms with Gasteiger partial charge in [0.1, 0.15) is 5.82 Å². The Bertz CT molecular complexity index is 475. The summed E-state index contributed by atoms with van der Waals surface area (Å²) >= 11 is 0. The van der Waals surface area contributed by atoms with Crippen molar-refractivity contribution in [2.24, 2.45) is 12.8 Å². The third kappa shape index (κ3) is 2.71. The molecule has 0 aliphatic rings. The number of aryl methyl sites for hydroxylation is 2. The van der Waals surface area contributed by atoms with Crippen LogP contribution in [0.25, 0.3) is 0 Å². The molecular weight excluding hydrogens is 212 g/mol. The molecule has 0 bridgehead atoms. The smallest absolute Gasteiger partial charge is 0.150 e. The summed E-state index contributed by atoms with van der Waals surface area (Å²) in [5.74, 6) is 1.71. The van der Waals surface area contributed by atoms with E-state index in [2.05, 4.69) is 22.2 Å². The Morgan fingerprint density at radius 3 is 2.59 bits per heavy atom. The molecule has 0 fully saturated rings. The van der Waals surface area contributed by atoms with Crippen molar-refractivity contribution >= 4 is 0 Å². The molecule has 0 radical (unpaired) electrons. The molecule has 90 valence electrons. The first-order valence-corrected chi connectivity index (χ1v) is 5.90. The van der Waals surface area contributed by atoms with E-state index in [4.69, 9.17) is 5.73 Å². The Balaban J connectivity index is 2.14. The van der Waals surface area contributed by atoms with Crippen LogP contribution < -0.4 is 5.73 Å².